The van der Waals surface area contributed by atoms with E-state index < -0.39 is 17.4 Å². The van der Waals surface area contributed by atoms with Crippen LogP contribution >= 0.6 is 0 Å². The third-order valence-corrected chi connectivity index (χ3v) is 2.07. The number of nitrogens with two attached hydrogens (primary N) is 1. The van der Waals surface area contributed by atoms with Gasteiger partial charge in [-0.1, -0.05) is 20.8 Å². The zero-order chi connectivity index (χ0) is 12.1. The van der Waals surface area contributed by atoms with Gasteiger partial charge in [0.25, 0.3) is 0 Å². The Balaban J connectivity index is 0. The minimum absolute atomic E-state index is 0. The van der Waals surface area contributed by atoms with Crippen LogP contribution in [0.5, 0.6) is 0 Å². The van der Waals surface area contributed by atoms with E-state index >= 15 is 0 Å². The molecule has 0 aliphatic heterocycles. The molecule has 1 atom stereocenters. The molecule has 0 heterocycles. The monoisotopic (exact) mass is 259 g/mol. The molecule has 0 fully saturated rings. The van der Waals surface area contributed by atoms with Gasteiger partial charge in [-0.05, 0) is 6.42 Å². The SMILES string of the molecule is CCCC(=O)OCC(C)(C)C(O)C(N)=O.[CaH2]. The summed E-state index contributed by atoms with van der Waals surface area (Å²) in [6, 6.07) is 0. The molecule has 1 unspecified atom stereocenters. The molecule has 92 valence electrons. The first-order chi connectivity index (χ1) is 6.81. The van der Waals surface area contributed by atoms with E-state index in [1.54, 1.807) is 13.8 Å². The fourth-order valence-electron chi connectivity index (χ4n) is 1.01. The van der Waals surface area contributed by atoms with Crippen LogP contribution in [0, 0.1) is 5.41 Å². The second kappa shape index (κ2) is 8.28. The van der Waals surface area contributed by atoms with E-state index in [0.717, 1.165) is 0 Å². The molecule has 1 amide bonds. The molecule has 5 nitrogen and oxygen atoms in total. The van der Waals surface area contributed by atoms with Crippen molar-refractivity contribution >= 4 is 49.6 Å². The molecular formula is C10H21CaNO4. The summed E-state index contributed by atoms with van der Waals surface area (Å²) < 4.78 is 4.91. The van der Waals surface area contributed by atoms with Gasteiger partial charge in [0.2, 0.25) is 5.91 Å². The summed E-state index contributed by atoms with van der Waals surface area (Å²) in [6.07, 6.45) is -0.271. The van der Waals surface area contributed by atoms with E-state index in [-0.39, 0.29) is 50.3 Å². The molecule has 0 aromatic carbocycles. The number of hydrogen-bond acceptors (Lipinski definition) is 4. The van der Waals surface area contributed by atoms with Crippen molar-refractivity contribution in [2.45, 2.75) is 39.7 Å². The molecule has 0 aliphatic carbocycles. The van der Waals surface area contributed by atoms with Crippen LogP contribution in [0.4, 0.5) is 0 Å². The first kappa shape index (κ1) is 18.5. The van der Waals surface area contributed by atoms with Gasteiger partial charge < -0.3 is 15.6 Å². The summed E-state index contributed by atoms with van der Waals surface area (Å²) in [7, 11) is 0. The molecule has 6 heteroatoms. The molecule has 0 saturated heterocycles. The molecule has 0 aromatic rings. The molecule has 16 heavy (non-hydrogen) atoms. The van der Waals surface area contributed by atoms with Crippen molar-refractivity contribution < 1.29 is 19.4 Å². The summed E-state index contributed by atoms with van der Waals surface area (Å²) >= 11 is 0. The maximum atomic E-state index is 11.1. The van der Waals surface area contributed by atoms with Gasteiger partial charge in [0.05, 0.1) is 6.61 Å². The second-order valence-corrected chi connectivity index (χ2v) is 4.20. The van der Waals surface area contributed by atoms with Gasteiger partial charge in [0, 0.05) is 11.8 Å². The normalized spacial score (nSPS) is 12.5. The molecule has 0 spiro atoms. The van der Waals surface area contributed by atoms with E-state index in [4.69, 9.17) is 10.5 Å². The van der Waals surface area contributed by atoms with Crippen LogP contribution in [0.15, 0.2) is 0 Å². The topological polar surface area (TPSA) is 89.6 Å². The summed E-state index contributed by atoms with van der Waals surface area (Å²) in [5.74, 6) is -1.14. The number of carbonyl (C=O) groups is 2. The number of aliphatic hydroxyl groups is 1. The molecule has 0 bridgehead atoms. The van der Waals surface area contributed by atoms with Crippen molar-refractivity contribution in [2.24, 2.45) is 11.1 Å². The van der Waals surface area contributed by atoms with Crippen LogP contribution in [0.1, 0.15) is 33.6 Å². The third kappa shape index (κ3) is 6.68. The van der Waals surface area contributed by atoms with Crippen molar-refractivity contribution in [3.8, 4) is 0 Å². The van der Waals surface area contributed by atoms with Gasteiger partial charge in [-0.15, -0.1) is 0 Å². The predicted molar refractivity (Wildman–Crippen MR) is 63.4 cm³/mol. The van der Waals surface area contributed by atoms with Crippen molar-refractivity contribution in [3.05, 3.63) is 0 Å². The molecular weight excluding hydrogens is 238 g/mol. The van der Waals surface area contributed by atoms with Gasteiger partial charge in [-0.25, -0.2) is 0 Å². The van der Waals surface area contributed by atoms with Gasteiger partial charge >= 0.3 is 43.7 Å². The number of hydrogen-bond donors (Lipinski definition) is 2. The zero-order valence-electron chi connectivity index (χ0n) is 9.45. The fourth-order valence-corrected chi connectivity index (χ4v) is 1.01. The standard InChI is InChI=1S/C10H19NO4.Ca.2H/c1-4-5-7(12)15-6-10(2,3)8(13)9(11)14;;;/h8,13H,4-6H2,1-3H3,(H2,11,14);;;. The molecule has 0 aromatic heterocycles. The average Bonchev–Trinajstić information content (AvgIpc) is 2.14. The van der Waals surface area contributed by atoms with Crippen molar-refractivity contribution in [2.75, 3.05) is 6.61 Å². The summed E-state index contributed by atoms with van der Waals surface area (Å²) in [5.41, 5.74) is 4.11. The number of amides is 1. The third-order valence-electron chi connectivity index (χ3n) is 2.07. The summed E-state index contributed by atoms with van der Waals surface area (Å²) in [4.78, 5) is 21.8. The number of ether oxygens (including phenoxy) is 1. The predicted octanol–water partition coefficient (Wildman–Crippen LogP) is -0.714. The van der Waals surface area contributed by atoms with E-state index in [1.807, 2.05) is 6.92 Å². The fraction of sp³-hybridized carbons (Fsp3) is 0.800. The Kier molecular flexibility index (Phi) is 9.59. The number of esters is 1. The Morgan fingerprint density at radius 1 is 1.44 bits per heavy atom. The maximum absolute atomic E-state index is 11.1. The van der Waals surface area contributed by atoms with Crippen LogP contribution in [0.25, 0.3) is 0 Å². The van der Waals surface area contributed by atoms with Crippen molar-refractivity contribution in [1.82, 2.24) is 0 Å². The molecule has 0 aliphatic rings. The van der Waals surface area contributed by atoms with Crippen molar-refractivity contribution in [3.63, 3.8) is 0 Å². The second-order valence-electron chi connectivity index (χ2n) is 4.20. The van der Waals surface area contributed by atoms with E-state index in [1.165, 1.54) is 0 Å². The molecule has 0 saturated carbocycles. The zero-order valence-corrected chi connectivity index (χ0v) is 9.45. The van der Waals surface area contributed by atoms with Crippen LogP contribution in [-0.2, 0) is 14.3 Å². The molecule has 3 N–H and O–H groups in total. The quantitative estimate of drug-likeness (QED) is 0.487. The summed E-state index contributed by atoms with van der Waals surface area (Å²) in [6.45, 7) is 5.07. The van der Waals surface area contributed by atoms with Gasteiger partial charge in [-0.2, -0.15) is 0 Å². The number of carbonyl (C=O) groups excluding carboxylic acids is 2. The Bertz CT molecular complexity index is 243. The Morgan fingerprint density at radius 2 is 1.94 bits per heavy atom. The van der Waals surface area contributed by atoms with Crippen molar-refractivity contribution in [1.29, 1.82) is 0 Å². The minimum atomic E-state index is -1.31. The van der Waals surface area contributed by atoms with E-state index in [0.29, 0.717) is 12.8 Å². The van der Waals surface area contributed by atoms with Crippen LogP contribution < -0.4 is 5.73 Å². The van der Waals surface area contributed by atoms with E-state index in [9.17, 15) is 14.7 Å². The Morgan fingerprint density at radius 3 is 2.31 bits per heavy atom. The number of primary amides is 1. The van der Waals surface area contributed by atoms with Crippen LogP contribution in [0.2, 0.25) is 0 Å². The Labute approximate surface area is 126 Å². The van der Waals surface area contributed by atoms with Gasteiger partial charge in [0.1, 0.15) is 6.10 Å². The van der Waals surface area contributed by atoms with Gasteiger partial charge in [-0.3, -0.25) is 9.59 Å². The molecule has 0 rings (SSSR count). The van der Waals surface area contributed by atoms with E-state index in [2.05, 4.69) is 0 Å². The molecule has 0 radical (unpaired) electrons. The first-order valence-corrected chi connectivity index (χ1v) is 4.94. The average molecular weight is 259 g/mol. The summed E-state index contributed by atoms with van der Waals surface area (Å²) in [5, 5.41) is 9.43. The Hall–Kier alpha value is 0.160. The van der Waals surface area contributed by atoms with Crippen LogP contribution in [-0.4, -0.2) is 67.4 Å². The number of aliphatic hydroxyl groups excluding tert-OH is 1. The van der Waals surface area contributed by atoms with Crippen LogP contribution in [0.3, 0.4) is 0 Å². The number of rotatable bonds is 6. The first-order valence-electron chi connectivity index (χ1n) is 4.94. The van der Waals surface area contributed by atoms with Gasteiger partial charge in [0.15, 0.2) is 0 Å².